The lowest BCUT2D eigenvalue weighted by atomic mass is 10.2. The van der Waals surface area contributed by atoms with Crippen molar-refractivity contribution in [1.82, 2.24) is 19.5 Å². The van der Waals surface area contributed by atoms with Gasteiger partial charge in [-0.3, -0.25) is 9.67 Å². The average molecular weight is 376 g/mol. The maximum absolute atomic E-state index is 13.7. The highest BCUT2D eigenvalue weighted by Gasteiger charge is 2.16. The first-order valence-electron chi connectivity index (χ1n) is 7.66. The largest absolute Gasteiger partial charge is 0.494 e. The molecule has 0 aliphatic carbocycles. The number of pyridine rings is 1. The van der Waals surface area contributed by atoms with Crippen LogP contribution in [0, 0.1) is 5.82 Å². The molecule has 0 bridgehead atoms. The molecule has 0 atom stereocenters. The van der Waals surface area contributed by atoms with Crippen molar-refractivity contribution in [2.45, 2.75) is 11.4 Å². The summed E-state index contributed by atoms with van der Waals surface area (Å²) in [5.41, 5.74) is 2.28. The summed E-state index contributed by atoms with van der Waals surface area (Å²) in [7, 11) is -0.725. The van der Waals surface area contributed by atoms with Crippen molar-refractivity contribution in [2.75, 3.05) is 7.11 Å². The van der Waals surface area contributed by atoms with Crippen LogP contribution in [0.1, 0.15) is 5.56 Å². The van der Waals surface area contributed by atoms with Gasteiger partial charge in [-0.15, -0.1) is 0 Å². The Morgan fingerprint density at radius 3 is 2.62 bits per heavy atom. The fourth-order valence-electron chi connectivity index (χ4n) is 2.33. The van der Waals surface area contributed by atoms with Gasteiger partial charge in [-0.25, -0.2) is 17.5 Å². The lowest BCUT2D eigenvalue weighted by Gasteiger charge is -2.08. The first-order chi connectivity index (χ1) is 12.4. The van der Waals surface area contributed by atoms with E-state index in [0.717, 1.165) is 17.3 Å². The minimum absolute atomic E-state index is 0.0147. The molecule has 3 aromatic rings. The Morgan fingerprint density at radius 1 is 1.23 bits per heavy atom. The third-order valence-corrected chi connectivity index (χ3v) is 5.12. The van der Waals surface area contributed by atoms with E-state index in [1.165, 1.54) is 19.2 Å². The maximum Gasteiger partial charge on any atom is 0.240 e. The zero-order valence-electron chi connectivity index (χ0n) is 14.2. The molecule has 136 valence electrons. The Labute approximate surface area is 150 Å². The number of halogens is 1. The van der Waals surface area contributed by atoms with E-state index >= 15 is 0 Å². The van der Waals surface area contributed by atoms with Gasteiger partial charge in [0.25, 0.3) is 0 Å². The van der Waals surface area contributed by atoms with Gasteiger partial charge in [0.2, 0.25) is 10.0 Å². The van der Waals surface area contributed by atoms with Gasteiger partial charge < -0.3 is 4.74 Å². The molecule has 0 aliphatic rings. The summed E-state index contributed by atoms with van der Waals surface area (Å²) in [4.78, 5) is 4.14. The Kier molecular flexibility index (Phi) is 5.01. The number of rotatable bonds is 6. The minimum atomic E-state index is -3.85. The third kappa shape index (κ3) is 3.89. The van der Waals surface area contributed by atoms with Crippen molar-refractivity contribution < 1.29 is 17.5 Å². The van der Waals surface area contributed by atoms with E-state index in [9.17, 15) is 12.8 Å². The van der Waals surface area contributed by atoms with E-state index < -0.39 is 15.8 Å². The Balaban J connectivity index is 1.70. The number of hydrogen-bond acceptors (Lipinski definition) is 5. The van der Waals surface area contributed by atoms with Crippen LogP contribution in [-0.4, -0.2) is 30.3 Å². The monoisotopic (exact) mass is 376 g/mol. The predicted octanol–water partition coefficient (Wildman–Crippen LogP) is 2.11. The summed E-state index contributed by atoms with van der Waals surface area (Å²) in [6.45, 7) is 0.0380. The molecule has 3 rings (SSSR count). The molecule has 7 nitrogen and oxygen atoms in total. The molecule has 0 saturated heterocycles. The fraction of sp³-hybridized carbons (Fsp3) is 0.176. The average Bonchev–Trinajstić information content (AvgIpc) is 3.07. The molecule has 0 unspecified atom stereocenters. The van der Waals surface area contributed by atoms with Crippen LogP contribution < -0.4 is 9.46 Å². The summed E-state index contributed by atoms with van der Waals surface area (Å²) < 4.78 is 47.2. The van der Waals surface area contributed by atoms with Crippen molar-refractivity contribution in [2.24, 2.45) is 7.05 Å². The van der Waals surface area contributed by atoms with Crippen LogP contribution in [0.5, 0.6) is 5.75 Å². The van der Waals surface area contributed by atoms with Crippen molar-refractivity contribution >= 4 is 10.0 Å². The molecule has 1 aromatic carbocycles. The number of aromatic nitrogens is 3. The van der Waals surface area contributed by atoms with Crippen LogP contribution >= 0.6 is 0 Å². The molecule has 0 fully saturated rings. The molecule has 9 heteroatoms. The molecular weight excluding hydrogens is 359 g/mol. The zero-order valence-corrected chi connectivity index (χ0v) is 15.0. The van der Waals surface area contributed by atoms with Crippen molar-refractivity contribution in [3.8, 4) is 17.0 Å². The van der Waals surface area contributed by atoms with Gasteiger partial charge in [0.05, 0.1) is 23.9 Å². The van der Waals surface area contributed by atoms with Gasteiger partial charge in [-0.1, -0.05) is 6.07 Å². The van der Waals surface area contributed by atoms with Gasteiger partial charge in [-0.2, -0.15) is 5.10 Å². The van der Waals surface area contributed by atoms with E-state index in [-0.39, 0.29) is 17.2 Å². The van der Waals surface area contributed by atoms with Crippen molar-refractivity contribution in [1.29, 1.82) is 0 Å². The molecule has 0 aliphatic heterocycles. The second-order valence-corrected chi connectivity index (χ2v) is 7.34. The predicted molar refractivity (Wildman–Crippen MR) is 93.4 cm³/mol. The SMILES string of the molecule is COc1ccc(S(=O)(=O)NCc2ccc(-c3cnn(C)c3)nc2)cc1F. The molecule has 0 saturated carbocycles. The van der Waals surface area contributed by atoms with E-state index in [1.54, 1.807) is 29.2 Å². The zero-order chi connectivity index (χ0) is 18.7. The van der Waals surface area contributed by atoms with Crippen molar-refractivity contribution in [3.63, 3.8) is 0 Å². The lowest BCUT2D eigenvalue weighted by Crippen LogP contribution is -2.23. The molecule has 0 radical (unpaired) electrons. The minimum Gasteiger partial charge on any atom is -0.494 e. The molecule has 1 N–H and O–H groups in total. The first kappa shape index (κ1) is 18.0. The summed E-state index contributed by atoms with van der Waals surface area (Å²) in [6, 6.07) is 7.03. The Bertz CT molecular complexity index is 1020. The third-order valence-electron chi connectivity index (χ3n) is 3.73. The van der Waals surface area contributed by atoms with Crippen LogP contribution in [-0.2, 0) is 23.6 Å². The van der Waals surface area contributed by atoms with Gasteiger partial charge in [0.15, 0.2) is 11.6 Å². The topological polar surface area (TPSA) is 86.1 Å². The molecule has 2 aromatic heterocycles. The van der Waals surface area contributed by atoms with Crippen LogP contribution in [0.15, 0.2) is 53.8 Å². The summed E-state index contributed by atoms with van der Waals surface area (Å²) in [6.07, 6.45) is 5.12. The Morgan fingerprint density at radius 2 is 2.04 bits per heavy atom. The van der Waals surface area contributed by atoms with Crippen molar-refractivity contribution in [3.05, 3.63) is 60.3 Å². The number of benzene rings is 1. The Hall–Kier alpha value is -2.78. The second-order valence-electron chi connectivity index (χ2n) is 5.58. The molecule has 0 amide bonds. The first-order valence-corrected chi connectivity index (χ1v) is 9.14. The highest BCUT2D eigenvalue weighted by Crippen LogP contribution is 2.21. The van der Waals surface area contributed by atoms with E-state index in [2.05, 4.69) is 14.8 Å². The van der Waals surface area contributed by atoms with Gasteiger partial charge >= 0.3 is 0 Å². The van der Waals surface area contributed by atoms with Crippen LogP contribution in [0.4, 0.5) is 4.39 Å². The van der Waals surface area contributed by atoms with Crippen LogP contribution in [0.3, 0.4) is 0 Å². The van der Waals surface area contributed by atoms with Gasteiger partial charge in [0, 0.05) is 31.5 Å². The summed E-state index contributed by atoms with van der Waals surface area (Å²) in [5.74, 6) is -0.753. The molecule has 26 heavy (non-hydrogen) atoms. The maximum atomic E-state index is 13.7. The number of ether oxygens (including phenoxy) is 1. The van der Waals surface area contributed by atoms with E-state index in [1.807, 2.05) is 13.2 Å². The highest BCUT2D eigenvalue weighted by atomic mass is 32.2. The number of nitrogens with one attached hydrogen (secondary N) is 1. The highest BCUT2D eigenvalue weighted by molar-refractivity contribution is 7.89. The number of hydrogen-bond donors (Lipinski definition) is 1. The summed E-state index contributed by atoms with van der Waals surface area (Å²) in [5, 5.41) is 4.08. The molecule has 2 heterocycles. The van der Waals surface area contributed by atoms with Gasteiger partial charge in [-0.05, 0) is 29.8 Å². The summed E-state index contributed by atoms with van der Waals surface area (Å²) >= 11 is 0. The van der Waals surface area contributed by atoms with Crippen LogP contribution in [0.2, 0.25) is 0 Å². The van der Waals surface area contributed by atoms with Crippen LogP contribution in [0.25, 0.3) is 11.3 Å². The quantitative estimate of drug-likeness (QED) is 0.712. The standard InChI is InChI=1S/C17H17FN4O3S/c1-22-11-13(10-20-22)16-5-3-12(8-19-16)9-21-26(23,24)14-4-6-17(25-2)15(18)7-14/h3-8,10-11,21H,9H2,1-2H3. The smallest absolute Gasteiger partial charge is 0.240 e. The fourth-order valence-corrected chi connectivity index (χ4v) is 3.36. The van der Waals surface area contributed by atoms with E-state index in [4.69, 9.17) is 4.74 Å². The normalized spacial score (nSPS) is 11.5. The van der Waals surface area contributed by atoms with E-state index in [0.29, 0.717) is 5.56 Å². The van der Waals surface area contributed by atoms with Gasteiger partial charge in [0.1, 0.15) is 0 Å². The second kappa shape index (κ2) is 7.22. The molecular formula is C17H17FN4O3S. The molecule has 0 spiro atoms. The number of sulfonamides is 1. The number of methoxy groups -OCH3 is 1. The lowest BCUT2D eigenvalue weighted by molar-refractivity contribution is 0.385. The number of nitrogens with zero attached hydrogens (tertiary/aromatic N) is 3. The number of aryl methyl sites for hydroxylation is 1.